The van der Waals surface area contributed by atoms with Gasteiger partial charge in [-0.25, -0.2) is 13.7 Å². The molecule has 1 aromatic heterocycles. The molecule has 0 saturated carbocycles. The largest absolute Gasteiger partial charge is 0.497 e. The van der Waals surface area contributed by atoms with Crippen molar-refractivity contribution < 1.29 is 28.1 Å². The highest BCUT2D eigenvalue weighted by atomic mass is 32.2. The second-order valence-electron chi connectivity index (χ2n) is 13.3. The van der Waals surface area contributed by atoms with Crippen LogP contribution in [-0.2, 0) is 35.1 Å². The van der Waals surface area contributed by atoms with Gasteiger partial charge in [-0.1, -0.05) is 74.0 Å². The number of amides is 2. The summed E-state index contributed by atoms with van der Waals surface area (Å²) in [6.45, 7) is 4.79. The average Bonchev–Trinajstić information content (AvgIpc) is 3.61. The summed E-state index contributed by atoms with van der Waals surface area (Å²) in [6.07, 6.45) is 2.87. The van der Waals surface area contributed by atoms with E-state index < -0.39 is 22.9 Å². The summed E-state index contributed by atoms with van der Waals surface area (Å²) < 4.78 is 28.8. The summed E-state index contributed by atoms with van der Waals surface area (Å²) in [5.74, 6) is -0.867. The second-order valence-corrected chi connectivity index (χ2v) is 14.5. The van der Waals surface area contributed by atoms with Crippen LogP contribution in [0.5, 0.6) is 5.75 Å². The Balaban J connectivity index is 1.35. The van der Waals surface area contributed by atoms with Gasteiger partial charge in [-0.3, -0.25) is 14.3 Å². The normalized spacial score (nSPS) is 12.9. The highest BCUT2D eigenvalue weighted by molar-refractivity contribution is 7.83. The molecule has 0 aliphatic carbocycles. The molecular weight excluding hydrogens is 713 g/mol. The SMILES string of the molecule is CCCCc1c(-c2ccc(C(=O)NS(=O)c3ccc4ccccc4c3)cc2C(=O)N2CCc3ccccc3C2)c(C(=O)OCC)nn1-c1ccc(OC)cc1. The number of methoxy groups -OCH3 is 1. The van der Waals surface area contributed by atoms with E-state index in [0.717, 1.165) is 34.9 Å². The molecule has 2 heterocycles. The van der Waals surface area contributed by atoms with Gasteiger partial charge in [0.1, 0.15) is 5.75 Å². The number of carbonyl (C=O) groups excluding carboxylic acids is 3. The number of carbonyl (C=O) groups is 3. The standard InChI is InChI=1S/C44H42N4O6S/c1-4-6-15-39-40(41(44(51)54-5-2)45-48(39)34-18-20-35(53-3)21-19-34)37-23-17-32(27-38(37)43(50)47-25-24-30-12-8-10-14-33(30)28-47)42(49)46-55(52)36-22-16-29-11-7-9-13-31(29)26-36/h7-14,16-23,26-27H,4-6,15,24-25,28H2,1-3H3,(H,46,49). The van der Waals surface area contributed by atoms with Crippen molar-refractivity contribution in [3.8, 4) is 22.6 Å². The van der Waals surface area contributed by atoms with Gasteiger partial charge in [0, 0.05) is 29.8 Å². The molecule has 55 heavy (non-hydrogen) atoms. The molecule has 280 valence electrons. The van der Waals surface area contributed by atoms with Crippen LogP contribution < -0.4 is 9.46 Å². The summed E-state index contributed by atoms with van der Waals surface area (Å²) >= 11 is 0. The molecule has 6 aromatic rings. The fraction of sp³-hybridized carbons (Fsp3) is 0.227. The average molecular weight is 755 g/mol. The number of hydrogen-bond donors (Lipinski definition) is 1. The zero-order valence-corrected chi connectivity index (χ0v) is 31.9. The summed E-state index contributed by atoms with van der Waals surface area (Å²) in [5.41, 5.74) is 5.01. The van der Waals surface area contributed by atoms with Gasteiger partial charge in [0.05, 0.1) is 30.0 Å². The van der Waals surface area contributed by atoms with E-state index in [2.05, 4.69) is 17.7 Å². The molecule has 0 bridgehead atoms. The molecule has 2 amide bonds. The van der Waals surface area contributed by atoms with Crippen molar-refractivity contribution in [3.05, 3.63) is 143 Å². The van der Waals surface area contributed by atoms with Crippen LogP contribution in [0.15, 0.2) is 114 Å². The minimum absolute atomic E-state index is 0.0661. The predicted molar refractivity (Wildman–Crippen MR) is 213 cm³/mol. The van der Waals surface area contributed by atoms with Gasteiger partial charge in [0.15, 0.2) is 16.7 Å². The number of aromatic nitrogens is 2. The molecule has 1 unspecified atom stereocenters. The Morgan fingerprint density at radius 1 is 0.855 bits per heavy atom. The zero-order valence-electron chi connectivity index (χ0n) is 31.0. The van der Waals surface area contributed by atoms with Gasteiger partial charge in [0.25, 0.3) is 11.8 Å². The summed E-state index contributed by atoms with van der Waals surface area (Å²) in [5, 5.41) is 6.72. The van der Waals surface area contributed by atoms with Crippen LogP contribution in [0.4, 0.5) is 0 Å². The maximum absolute atomic E-state index is 14.8. The van der Waals surface area contributed by atoms with E-state index in [9.17, 15) is 18.6 Å². The minimum Gasteiger partial charge on any atom is -0.497 e. The van der Waals surface area contributed by atoms with Gasteiger partial charge in [-0.15, -0.1) is 0 Å². The van der Waals surface area contributed by atoms with Crippen LogP contribution in [-0.4, -0.2) is 56.9 Å². The summed E-state index contributed by atoms with van der Waals surface area (Å²) in [6, 6.07) is 33.3. The molecule has 1 atom stereocenters. The van der Waals surface area contributed by atoms with E-state index in [1.807, 2.05) is 72.8 Å². The molecule has 1 aliphatic heterocycles. The third-order valence-electron chi connectivity index (χ3n) is 9.85. The van der Waals surface area contributed by atoms with E-state index in [-0.39, 0.29) is 29.3 Å². The van der Waals surface area contributed by atoms with Crippen LogP contribution in [0.25, 0.3) is 27.6 Å². The Labute approximate surface area is 322 Å². The van der Waals surface area contributed by atoms with Crippen molar-refractivity contribution in [3.63, 3.8) is 0 Å². The monoisotopic (exact) mass is 754 g/mol. The Morgan fingerprint density at radius 2 is 1.60 bits per heavy atom. The molecule has 0 spiro atoms. The van der Waals surface area contributed by atoms with Gasteiger partial charge in [0.2, 0.25) is 0 Å². The molecule has 1 N–H and O–H groups in total. The van der Waals surface area contributed by atoms with Gasteiger partial charge in [-0.05, 0) is 102 Å². The Bertz CT molecular complexity index is 2420. The Morgan fingerprint density at radius 3 is 2.35 bits per heavy atom. The fourth-order valence-corrected chi connectivity index (χ4v) is 7.82. The van der Waals surface area contributed by atoms with Crippen molar-refractivity contribution in [1.29, 1.82) is 0 Å². The number of unbranched alkanes of at least 4 members (excludes halogenated alkanes) is 1. The molecule has 10 nitrogen and oxygen atoms in total. The second kappa shape index (κ2) is 16.5. The maximum Gasteiger partial charge on any atom is 0.359 e. The Kier molecular flexibility index (Phi) is 11.2. The number of hydrogen-bond acceptors (Lipinski definition) is 7. The van der Waals surface area contributed by atoms with Crippen LogP contribution in [0.1, 0.15) is 74.7 Å². The fourth-order valence-electron chi connectivity index (χ4n) is 7.00. The molecule has 0 radical (unpaired) electrons. The third kappa shape index (κ3) is 7.79. The lowest BCUT2D eigenvalue weighted by molar-refractivity contribution is 0.0519. The van der Waals surface area contributed by atoms with E-state index >= 15 is 0 Å². The smallest absolute Gasteiger partial charge is 0.359 e. The minimum atomic E-state index is -1.88. The van der Waals surface area contributed by atoms with E-state index in [1.165, 1.54) is 11.6 Å². The molecular formula is C44H42N4O6S. The number of rotatable bonds is 12. The van der Waals surface area contributed by atoms with Crippen LogP contribution >= 0.6 is 0 Å². The van der Waals surface area contributed by atoms with E-state index in [0.29, 0.717) is 53.4 Å². The zero-order chi connectivity index (χ0) is 38.5. The van der Waals surface area contributed by atoms with Crippen molar-refractivity contribution in [2.24, 2.45) is 0 Å². The molecule has 5 aromatic carbocycles. The lowest BCUT2D eigenvalue weighted by atomic mass is 9.92. The Hall–Kier alpha value is -6.07. The predicted octanol–water partition coefficient (Wildman–Crippen LogP) is 7.87. The van der Waals surface area contributed by atoms with Crippen molar-refractivity contribution in [1.82, 2.24) is 19.4 Å². The maximum atomic E-state index is 14.8. The quantitative estimate of drug-likeness (QED) is 0.126. The van der Waals surface area contributed by atoms with Crippen LogP contribution in [0, 0.1) is 0 Å². The summed E-state index contributed by atoms with van der Waals surface area (Å²) in [4.78, 5) is 44.6. The molecule has 1 aliphatic rings. The van der Waals surface area contributed by atoms with E-state index in [1.54, 1.807) is 47.9 Å². The number of nitrogens with one attached hydrogen (secondary N) is 1. The highest BCUT2D eigenvalue weighted by Crippen LogP contribution is 2.36. The molecule has 0 saturated heterocycles. The highest BCUT2D eigenvalue weighted by Gasteiger charge is 2.31. The van der Waals surface area contributed by atoms with Crippen molar-refractivity contribution in [2.45, 2.75) is 51.0 Å². The van der Waals surface area contributed by atoms with Gasteiger partial charge in [-0.2, -0.15) is 5.10 Å². The first kappa shape index (κ1) is 37.3. The summed E-state index contributed by atoms with van der Waals surface area (Å²) in [7, 11) is -0.282. The lowest BCUT2D eigenvalue weighted by Crippen LogP contribution is -2.36. The van der Waals surface area contributed by atoms with E-state index in [4.69, 9.17) is 14.6 Å². The van der Waals surface area contributed by atoms with Crippen LogP contribution in [0.2, 0.25) is 0 Å². The molecule has 0 fully saturated rings. The van der Waals surface area contributed by atoms with Crippen LogP contribution in [0.3, 0.4) is 0 Å². The number of nitrogens with zero attached hydrogens (tertiary/aromatic N) is 3. The lowest BCUT2D eigenvalue weighted by Gasteiger charge is -2.29. The molecule has 7 rings (SSSR count). The number of ether oxygens (including phenoxy) is 2. The first-order chi connectivity index (χ1) is 26.8. The first-order valence-corrected chi connectivity index (χ1v) is 19.6. The number of benzene rings is 5. The third-order valence-corrected chi connectivity index (χ3v) is 10.9. The number of fused-ring (bicyclic) bond motifs is 2. The van der Waals surface area contributed by atoms with Gasteiger partial charge < -0.3 is 14.4 Å². The first-order valence-electron chi connectivity index (χ1n) is 18.4. The van der Waals surface area contributed by atoms with Crippen molar-refractivity contribution in [2.75, 3.05) is 20.3 Å². The number of esters is 1. The molecule has 11 heteroatoms. The van der Waals surface area contributed by atoms with Gasteiger partial charge >= 0.3 is 5.97 Å². The van der Waals surface area contributed by atoms with Crippen molar-refractivity contribution >= 4 is 39.5 Å². The topological polar surface area (TPSA) is 120 Å².